The molecule has 3 N–H and O–H groups in total. The van der Waals surface area contributed by atoms with Gasteiger partial charge < -0.3 is 15.7 Å². The maximum absolute atomic E-state index is 8.36. The Kier molecular flexibility index (Phi) is 5.94. The zero-order chi connectivity index (χ0) is 24.6. The first-order valence-corrected chi connectivity index (χ1v) is 11.8. The molecule has 4 aromatic heterocycles. The maximum Gasteiger partial charge on any atom is 0.290 e. The molecule has 5 heterocycles. The number of carboxylic acid groups (broad SMARTS) is 1. The largest absolute Gasteiger partial charge is 0.483 e. The van der Waals surface area contributed by atoms with Crippen molar-refractivity contribution in [1.29, 1.82) is 0 Å². The monoisotopic (exact) mass is 471 g/mol. The number of fused-ring (bicyclic) bond motifs is 2. The molecular weight excluding hydrogens is 442 g/mol. The first kappa shape index (κ1) is 22.9. The van der Waals surface area contributed by atoms with Crippen LogP contribution >= 0.6 is 0 Å². The van der Waals surface area contributed by atoms with Crippen LogP contribution in [0.3, 0.4) is 0 Å². The molecule has 0 amide bonds. The summed E-state index contributed by atoms with van der Waals surface area (Å²) < 4.78 is 2.03. The molecule has 1 aliphatic carbocycles. The van der Waals surface area contributed by atoms with Crippen LogP contribution in [-0.2, 0) is 11.2 Å². The molecular formula is C26H29N7O2. The highest BCUT2D eigenvalue weighted by Gasteiger charge is 2.46. The van der Waals surface area contributed by atoms with Crippen molar-refractivity contribution < 1.29 is 9.90 Å². The van der Waals surface area contributed by atoms with Crippen molar-refractivity contribution >= 4 is 17.8 Å². The second-order valence-corrected chi connectivity index (χ2v) is 9.34. The molecule has 35 heavy (non-hydrogen) atoms. The molecule has 0 saturated carbocycles. The van der Waals surface area contributed by atoms with E-state index in [-0.39, 0.29) is 17.9 Å². The summed E-state index contributed by atoms with van der Waals surface area (Å²) in [6.45, 7) is 5.76. The van der Waals surface area contributed by atoms with Crippen molar-refractivity contribution in [2.45, 2.75) is 39.2 Å². The van der Waals surface area contributed by atoms with Crippen LogP contribution in [0.15, 0.2) is 49.1 Å². The van der Waals surface area contributed by atoms with E-state index in [2.05, 4.69) is 45.9 Å². The van der Waals surface area contributed by atoms with E-state index in [4.69, 9.17) is 20.6 Å². The van der Waals surface area contributed by atoms with Crippen LogP contribution < -0.4 is 10.6 Å². The second kappa shape index (κ2) is 9.07. The van der Waals surface area contributed by atoms with Crippen molar-refractivity contribution in [2.24, 2.45) is 11.1 Å². The van der Waals surface area contributed by atoms with Gasteiger partial charge in [0, 0.05) is 49.0 Å². The Balaban J connectivity index is 0.000000806. The van der Waals surface area contributed by atoms with Gasteiger partial charge in [-0.3, -0.25) is 14.8 Å². The maximum atomic E-state index is 8.36. The van der Waals surface area contributed by atoms with E-state index in [1.807, 2.05) is 41.4 Å². The summed E-state index contributed by atoms with van der Waals surface area (Å²) >= 11 is 0. The molecule has 9 nitrogen and oxygen atoms in total. The topological polar surface area (TPSA) is 123 Å². The molecule has 1 atom stereocenters. The smallest absolute Gasteiger partial charge is 0.290 e. The molecule has 4 aromatic rings. The van der Waals surface area contributed by atoms with Crippen molar-refractivity contribution in [3.63, 3.8) is 0 Å². The zero-order valence-electron chi connectivity index (χ0n) is 19.9. The Morgan fingerprint density at radius 3 is 2.63 bits per heavy atom. The summed E-state index contributed by atoms with van der Waals surface area (Å²) in [7, 11) is 0. The Morgan fingerprint density at radius 2 is 1.91 bits per heavy atom. The van der Waals surface area contributed by atoms with Crippen molar-refractivity contribution in [2.75, 3.05) is 18.0 Å². The molecule has 0 unspecified atom stereocenters. The number of rotatable bonds is 2. The fraction of sp³-hybridized carbons (Fsp3) is 0.346. The van der Waals surface area contributed by atoms with Crippen LogP contribution in [0.25, 0.3) is 16.8 Å². The first-order valence-electron chi connectivity index (χ1n) is 11.8. The predicted molar refractivity (Wildman–Crippen MR) is 133 cm³/mol. The molecule has 180 valence electrons. The van der Waals surface area contributed by atoms with Gasteiger partial charge in [0.2, 0.25) is 0 Å². The Morgan fingerprint density at radius 1 is 1.14 bits per heavy atom. The average Bonchev–Trinajstić information content (AvgIpc) is 3.44. The summed E-state index contributed by atoms with van der Waals surface area (Å²) in [6, 6.07) is 8.32. The number of carbonyl (C=O) groups is 1. The fourth-order valence-corrected chi connectivity index (χ4v) is 5.66. The minimum absolute atomic E-state index is 0.0649. The second-order valence-electron chi connectivity index (χ2n) is 9.34. The molecule has 0 radical (unpaired) electrons. The van der Waals surface area contributed by atoms with E-state index >= 15 is 0 Å². The third-order valence-corrected chi connectivity index (χ3v) is 7.47. The lowest BCUT2D eigenvalue weighted by Gasteiger charge is -2.42. The third kappa shape index (κ3) is 3.81. The number of hydrogen-bond donors (Lipinski definition) is 2. The number of nitrogens with zero attached hydrogens (tertiary/aromatic N) is 6. The number of piperidine rings is 1. The Bertz CT molecular complexity index is 1380. The van der Waals surface area contributed by atoms with Gasteiger partial charge in [-0.05, 0) is 67.9 Å². The Labute approximate surface area is 203 Å². The van der Waals surface area contributed by atoms with Crippen molar-refractivity contribution in [3.05, 3.63) is 71.6 Å². The summed E-state index contributed by atoms with van der Waals surface area (Å²) in [4.78, 5) is 24.7. The highest BCUT2D eigenvalue weighted by molar-refractivity contribution is 5.76. The molecule has 6 rings (SSSR count). The third-order valence-electron chi connectivity index (χ3n) is 7.47. The summed E-state index contributed by atoms with van der Waals surface area (Å²) in [5.41, 5.74) is 14.5. The van der Waals surface area contributed by atoms with E-state index in [0.717, 1.165) is 66.2 Å². The molecule has 9 heteroatoms. The number of anilines is 1. The van der Waals surface area contributed by atoms with Crippen LogP contribution in [0.4, 0.5) is 5.82 Å². The van der Waals surface area contributed by atoms with Gasteiger partial charge in [0.15, 0.2) is 5.82 Å². The van der Waals surface area contributed by atoms with Crippen molar-refractivity contribution in [1.82, 2.24) is 24.6 Å². The minimum Gasteiger partial charge on any atom is -0.483 e. The van der Waals surface area contributed by atoms with Gasteiger partial charge in [0.25, 0.3) is 6.47 Å². The van der Waals surface area contributed by atoms with E-state index in [1.165, 1.54) is 11.3 Å². The number of aromatic nitrogens is 5. The molecule has 0 bridgehead atoms. The lowest BCUT2D eigenvalue weighted by molar-refractivity contribution is -0.122. The standard InChI is InChI=1S/C25H27N7.CH2O2/c1-16-15-27-10-5-18(16)22-17(2)30-24(21-6-11-29-32(21)22)31-12-7-25(8-13-31)14-20-19(23(25)26)4-3-9-28-20;2-1-3/h3-6,9-11,15,23H,7-8,12-14,26H2,1-2H3;1H,(H,2,3)/t23-;/m1./s1. The normalized spacial score (nSPS) is 18.3. The van der Waals surface area contributed by atoms with Gasteiger partial charge in [0.1, 0.15) is 5.52 Å². The fourth-order valence-electron chi connectivity index (χ4n) is 5.66. The van der Waals surface area contributed by atoms with Crippen LogP contribution in [0, 0.1) is 19.3 Å². The van der Waals surface area contributed by atoms with Gasteiger partial charge in [-0.15, -0.1) is 0 Å². The predicted octanol–water partition coefficient (Wildman–Crippen LogP) is 3.35. The van der Waals surface area contributed by atoms with Crippen LogP contribution in [0.5, 0.6) is 0 Å². The van der Waals surface area contributed by atoms with Gasteiger partial charge in [0.05, 0.1) is 17.6 Å². The number of nitrogens with two attached hydrogens (primary N) is 1. The molecule has 2 aliphatic rings. The van der Waals surface area contributed by atoms with Crippen molar-refractivity contribution in [3.8, 4) is 11.3 Å². The summed E-state index contributed by atoms with van der Waals surface area (Å²) in [5, 5.41) is 11.6. The quantitative estimate of drug-likeness (QED) is 0.427. The van der Waals surface area contributed by atoms with E-state index in [0.29, 0.717) is 0 Å². The van der Waals surface area contributed by atoms with Crippen LogP contribution in [0.2, 0.25) is 0 Å². The van der Waals surface area contributed by atoms with Crippen LogP contribution in [0.1, 0.15) is 41.4 Å². The van der Waals surface area contributed by atoms with E-state index < -0.39 is 0 Å². The van der Waals surface area contributed by atoms with Gasteiger partial charge in [-0.25, -0.2) is 9.50 Å². The number of pyridine rings is 2. The molecule has 1 aliphatic heterocycles. The summed E-state index contributed by atoms with van der Waals surface area (Å²) in [5.74, 6) is 1.01. The minimum atomic E-state index is -0.250. The average molecular weight is 472 g/mol. The summed E-state index contributed by atoms with van der Waals surface area (Å²) in [6.07, 6.45) is 10.5. The Hall–Kier alpha value is -3.85. The first-order chi connectivity index (χ1) is 17.0. The lowest BCUT2D eigenvalue weighted by atomic mass is 9.73. The molecule has 0 aromatic carbocycles. The molecule has 1 saturated heterocycles. The SMILES string of the molecule is Cc1cnccc1-c1c(C)nc(N2CCC3(CC2)Cc2ncccc2[C@H]3N)c2ccnn12.O=CO. The highest BCUT2D eigenvalue weighted by Crippen LogP contribution is 2.50. The number of hydrogen-bond acceptors (Lipinski definition) is 7. The molecule has 1 spiro atoms. The van der Waals surface area contributed by atoms with Gasteiger partial charge in [-0.2, -0.15) is 5.10 Å². The lowest BCUT2D eigenvalue weighted by Crippen LogP contribution is -2.44. The van der Waals surface area contributed by atoms with Gasteiger partial charge >= 0.3 is 0 Å². The number of aryl methyl sites for hydroxylation is 2. The highest BCUT2D eigenvalue weighted by atomic mass is 16.3. The van der Waals surface area contributed by atoms with Crippen LogP contribution in [-0.4, -0.2) is 49.2 Å². The molecule has 1 fully saturated rings. The zero-order valence-corrected chi connectivity index (χ0v) is 19.9. The van der Waals surface area contributed by atoms with E-state index in [9.17, 15) is 0 Å². The van der Waals surface area contributed by atoms with E-state index in [1.54, 1.807) is 0 Å². The van der Waals surface area contributed by atoms with Gasteiger partial charge in [-0.1, -0.05) is 6.07 Å².